The van der Waals surface area contributed by atoms with Crippen LogP contribution in [0.2, 0.25) is 0 Å². The van der Waals surface area contributed by atoms with Crippen LogP contribution in [-0.4, -0.2) is 47.0 Å². The molecule has 2 N–H and O–H groups in total. The number of alkyl carbamates (subject to hydrolysis) is 1. The van der Waals surface area contributed by atoms with Gasteiger partial charge in [0.15, 0.2) is 0 Å². The van der Waals surface area contributed by atoms with Gasteiger partial charge in [-0.3, -0.25) is 9.59 Å². The van der Waals surface area contributed by atoms with Gasteiger partial charge in [-0.05, 0) is 64.4 Å². The van der Waals surface area contributed by atoms with E-state index < -0.39 is 23.8 Å². The highest BCUT2D eigenvalue weighted by atomic mass is 16.6. The molecule has 0 saturated heterocycles. The van der Waals surface area contributed by atoms with Crippen LogP contribution < -0.4 is 10.6 Å². The summed E-state index contributed by atoms with van der Waals surface area (Å²) in [6.07, 6.45) is 3.66. The monoisotopic (exact) mass is 501 g/mol. The molecule has 1 aromatic rings. The maximum Gasteiger partial charge on any atom is 0.408 e. The van der Waals surface area contributed by atoms with Crippen LogP contribution in [0.3, 0.4) is 0 Å². The maximum atomic E-state index is 14.2. The summed E-state index contributed by atoms with van der Waals surface area (Å²) in [6, 6.07) is 6.19. The number of rotatable bonds is 12. The third kappa shape index (κ3) is 9.14. The van der Waals surface area contributed by atoms with E-state index in [0.717, 1.165) is 36.8 Å². The molecule has 0 bridgehead atoms. The van der Waals surface area contributed by atoms with Crippen LogP contribution in [0.15, 0.2) is 24.3 Å². The largest absolute Gasteiger partial charge is 0.444 e. The number of carbonyl (C=O) groups excluding carboxylic acids is 3. The van der Waals surface area contributed by atoms with Gasteiger partial charge in [-0.2, -0.15) is 0 Å². The fourth-order valence-corrected chi connectivity index (χ4v) is 4.46. The van der Waals surface area contributed by atoms with Crippen LogP contribution >= 0.6 is 0 Å². The highest BCUT2D eigenvalue weighted by molar-refractivity contribution is 5.92. The number of carbonyl (C=O) groups is 3. The quantitative estimate of drug-likeness (QED) is 0.369. The lowest BCUT2D eigenvalue weighted by molar-refractivity contribution is -0.143. The topological polar surface area (TPSA) is 87.7 Å². The standard InChI is InChI=1S/C29H47N3O4/c1-9-10-11-15-30-26(33)25(22-14-12-13-20(4)17-22)32(24-18-21(24)5)27(34)23(16-19(2)3)31-28(35)36-29(6,7)8/h12-14,17,19,21,23-25H,9-11,15-16,18H2,1-8H3,(H,30,33)(H,31,35). The first-order chi connectivity index (χ1) is 16.8. The molecular formula is C29H47N3O4. The van der Waals surface area contributed by atoms with Crippen molar-refractivity contribution in [2.75, 3.05) is 6.54 Å². The number of hydrogen-bond donors (Lipinski definition) is 2. The van der Waals surface area contributed by atoms with Crippen LogP contribution in [0.1, 0.15) is 97.7 Å². The van der Waals surface area contributed by atoms with Crippen LogP contribution in [0.4, 0.5) is 4.79 Å². The normalized spacial score (nSPS) is 18.8. The minimum absolute atomic E-state index is 0.0560. The minimum Gasteiger partial charge on any atom is -0.444 e. The van der Waals surface area contributed by atoms with Gasteiger partial charge in [0.2, 0.25) is 11.8 Å². The van der Waals surface area contributed by atoms with E-state index in [1.807, 2.05) is 45.0 Å². The number of nitrogens with one attached hydrogen (secondary N) is 2. The second kappa shape index (κ2) is 13.1. The van der Waals surface area contributed by atoms with Crippen LogP contribution in [0, 0.1) is 18.8 Å². The Hall–Kier alpha value is -2.57. The molecule has 0 radical (unpaired) electrons. The highest BCUT2D eigenvalue weighted by Gasteiger charge is 2.48. The molecule has 0 aromatic heterocycles. The summed E-state index contributed by atoms with van der Waals surface area (Å²) in [5.74, 6) is 0.0341. The van der Waals surface area contributed by atoms with Crippen molar-refractivity contribution < 1.29 is 19.1 Å². The Morgan fingerprint density at radius 2 is 1.83 bits per heavy atom. The van der Waals surface area contributed by atoms with Crippen molar-refractivity contribution in [3.05, 3.63) is 35.4 Å². The third-order valence-corrected chi connectivity index (χ3v) is 6.34. The average Bonchev–Trinajstić information content (AvgIpc) is 3.48. The molecular weight excluding hydrogens is 454 g/mol. The highest BCUT2D eigenvalue weighted by Crippen LogP contribution is 2.41. The molecule has 36 heavy (non-hydrogen) atoms. The maximum absolute atomic E-state index is 14.2. The lowest BCUT2D eigenvalue weighted by atomic mass is 9.98. The molecule has 0 spiro atoms. The fourth-order valence-electron chi connectivity index (χ4n) is 4.46. The molecule has 7 heteroatoms. The zero-order chi connectivity index (χ0) is 27.0. The van der Waals surface area contributed by atoms with E-state index in [1.54, 1.807) is 25.7 Å². The van der Waals surface area contributed by atoms with Crippen molar-refractivity contribution >= 4 is 17.9 Å². The van der Waals surface area contributed by atoms with Crippen LogP contribution in [0.5, 0.6) is 0 Å². The first kappa shape index (κ1) is 29.7. The SMILES string of the molecule is CCCCCNC(=O)C(c1cccc(C)c1)N(C(=O)C(CC(C)C)NC(=O)OC(C)(C)C)C1CC1C. The van der Waals surface area contributed by atoms with Crippen molar-refractivity contribution in [1.29, 1.82) is 0 Å². The van der Waals surface area contributed by atoms with E-state index in [4.69, 9.17) is 4.74 Å². The average molecular weight is 502 g/mol. The second-order valence-corrected chi connectivity index (χ2v) is 11.7. The second-order valence-electron chi connectivity index (χ2n) is 11.7. The predicted octanol–water partition coefficient (Wildman–Crippen LogP) is 5.52. The van der Waals surface area contributed by atoms with E-state index in [2.05, 4.69) is 24.5 Å². The predicted molar refractivity (Wildman–Crippen MR) is 143 cm³/mol. The number of benzene rings is 1. The Morgan fingerprint density at radius 3 is 2.36 bits per heavy atom. The Balaban J connectivity index is 2.43. The Labute approximate surface area is 217 Å². The first-order valence-corrected chi connectivity index (χ1v) is 13.5. The number of unbranched alkanes of at least 4 members (excludes halogenated alkanes) is 2. The van der Waals surface area contributed by atoms with Gasteiger partial charge < -0.3 is 20.3 Å². The summed E-state index contributed by atoms with van der Waals surface area (Å²) in [4.78, 5) is 42.2. The van der Waals surface area contributed by atoms with Crippen molar-refractivity contribution in [2.24, 2.45) is 11.8 Å². The number of ether oxygens (including phenoxy) is 1. The van der Waals surface area contributed by atoms with Crippen LogP contribution in [-0.2, 0) is 14.3 Å². The Morgan fingerprint density at radius 1 is 1.17 bits per heavy atom. The minimum atomic E-state index is -0.784. The van der Waals surface area contributed by atoms with Gasteiger partial charge in [0.05, 0.1) is 0 Å². The summed E-state index contributed by atoms with van der Waals surface area (Å²) in [5.41, 5.74) is 1.14. The number of hydrogen-bond acceptors (Lipinski definition) is 4. The van der Waals surface area contributed by atoms with E-state index in [1.165, 1.54) is 0 Å². The number of nitrogens with zero attached hydrogens (tertiary/aromatic N) is 1. The molecule has 0 heterocycles. The molecule has 4 atom stereocenters. The van der Waals surface area contributed by atoms with Crippen molar-refractivity contribution in [3.63, 3.8) is 0 Å². The fraction of sp³-hybridized carbons (Fsp3) is 0.690. The Bertz CT molecular complexity index is 893. The van der Waals surface area contributed by atoms with E-state index >= 15 is 0 Å². The number of amides is 3. The lowest BCUT2D eigenvalue weighted by Crippen LogP contribution is -2.54. The molecule has 7 nitrogen and oxygen atoms in total. The summed E-state index contributed by atoms with van der Waals surface area (Å²) < 4.78 is 5.46. The number of aryl methyl sites for hydroxylation is 1. The zero-order valence-corrected chi connectivity index (χ0v) is 23.5. The van der Waals surface area contributed by atoms with Gasteiger partial charge >= 0.3 is 6.09 Å². The summed E-state index contributed by atoms with van der Waals surface area (Å²) >= 11 is 0. The van der Waals surface area contributed by atoms with E-state index in [-0.39, 0.29) is 29.7 Å². The van der Waals surface area contributed by atoms with Gasteiger partial charge in [-0.25, -0.2) is 4.79 Å². The van der Waals surface area contributed by atoms with Gasteiger partial charge in [0.25, 0.3) is 0 Å². The Kier molecular flexibility index (Phi) is 10.8. The van der Waals surface area contributed by atoms with Gasteiger partial charge in [-0.1, -0.05) is 70.4 Å². The molecule has 4 unspecified atom stereocenters. The molecule has 1 fully saturated rings. The summed E-state index contributed by atoms with van der Waals surface area (Å²) in [7, 11) is 0. The molecule has 1 aliphatic rings. The molecule has 1 saturated carbocycles. The molecule has 0 aliphatic heterocycles. The van der Waals surface area contributed by atoms with Gasteiger partial charge in [0, 0.05) is 12.6 Å². The smallest absolute Gasteiger partial charge is 0.408 e. The zero-order valence-electron chi connectivity index (χ0n) is 23.5. The van der Waals surface area contributed by atoms with Crippen LogP contribution in [0.25, 0.3) is 0 Å². The van der Waals surface area contributed by atoms with E-state index in [9.17, 15) is 14.4 Å². The first-order valence-electron chi connectivity index (χ1n) is 13.5. The van der Waals surface area contributed by atoms with Gasteiger partial charge in [-0.15, -0.1) is 0 Å². The molecule has 3 amide bonds. The lowest BCUT2D eigenvalue weighted by Gasteiger charge is -2.35. The van der Waals surface area contributed by atoms with Crippen molar-refractivity contribution in [3.8, 4) is 0 Å². The molecule has 1 aliphatic carbocycles. The van der Waals surface area contributed by atoms with E-state index in [0.29, 0.717) is 13.0 Å². The van der Waals surface area contributed by atoms with Crippen molar-refractivity contribution in [1.82, 2.24) is 15.5 Å². The molecule has 1 aromatic carbocycles. The third-order valence-electron chi connectivity index (χ3n) is 6.34. The summed E-state index contributed by atoms with van der Waals surface area (Å²) in [5, 5.41) is 5.89. The molecule has 202 valence electrons. The van der Waals surface area contributed by atoms with Gasteiger partial charge in [0.1, 0.15) is 17.7 Å². The molecule has 2 rings (SSSR count). The van der Waals surface area contributed by atoms with Crippen molar-refractivity contribution in [2.45, 2.75) is 111 Å². The summed E-state index contributed by atoms with van der Waals surface area (Å²) in [6.45, 7) is 16.2.